The molecule has 8 rings (SSSR count). The number of hydrogen-bond acceptors (Lipinski definition) is 0. The monoisotopic (exact) mass is 828 g/mol. The van der Waals surface area contributed by atoms with E-state index < -0.39 is 28.0 Å². The van der Waals surface area contributed by atoms with Gasteiger partial charge in [0.2, 0.25) is 0 Å². The second-order valence-electron chi connectivity index (χ2n) is 18.7. The molecule has 0 nitrogen and oxygen atoms in total. The van der Waals surface area contributed by atoms with Crippen molar-refractivity contribution in [1.82, 2.24) is 0 Å². The molecule has 0 radical (unpaired) electrons. The summed E-state index contributed by atoms with van der Waals surface area (Å²) in [6.45, 7) is 16.9. The molecule has 1 heterocycles. The first-order valence-electron chi connectivity index (χ1n) is 19.1. The molecule has 49 heavy (non-hydrogen) atoms. The van der Waals surface area contributed by atoms with Crippen LogP contribution in [0.5, 0.6) is 0 Å². The Kier molecular flexibility index (Phi) is 8.05. The van der Waals surface area contributed by atoms with Gasteiger partial charge >= 0.3 is 304 Å². The summed E-state index contributed by atoms with van der Waals surface area (Å²) in [4.78, 5) is 0. The van der Waals surface area contributed by atoms with Crippen LogP contribution in [0.2, 0.25) is 21.4 Å². The van der Waals surface area contributed by atoms with Crippen LogP contribution in [0.1, 0.15) is 114 Å². The van der Waals surface area contributed by atoms with E-state index in [4.69, 9.17) is 0 Å². The van der Waals surface area contributed by atoms with Gasteiger partial charge in [0.05, 0.1) is 0 Å². The van der Waals surface area contributed by atoms with Crippen molar-refractivity contribution < 1.29 is 20.0 Å². The third kappa shape index (κ3) is 5.28. The summed E-state index contributed by atoms with van der Waals surface area (Å²) in [5, 5.41) is 3.85. The van der Waals surface area contributed by atoms with E-state index in [9.17, 15) is 0 Å². The molecule has 0 bridgehead atoms. The zero-order chi connectivity index (χ0) is 34.5. The van der Waals surface area contributed by atoms with E-state index in [1.165, 1.54) is 65.5 Å². The van der Waals surface area contributed by atoms with Crippen molar-refractivity contribution in [2.45, 2.75) is 113 Å². The molecular weight excluding hydrogens is 771 g/mol. The maximum atomic E-state index is 2.85. The summed E-state index contributed by atoms with van der Waals surface area (Å²) in [5.41, 5.74) is 16.1. The van der Waals surface area contributed by atoms with Crippen LogP contribution in [-0.2, 0) is 30.8 Å². The number of benzene rings is 4. The molecule has 2 atom stereocenters. The van der Waals surface area contributed by atoms with Gasteiger partial charge in [-0.1, -0.05) is 0 Å². The maximum absolute atomic E-state index is 3.14. The van der Waals surface area contributed by atoms with Gasteiger partial charge in [0.15, 0.2) is 0 Å². The quantitative estimate of drug-likeness (QED) is 0.181. The van der Waals surface area contributed by atoms with Crippen molar-refractivity contribution in [1.29, 1.82) is 0 Å². The van der Waals surface area contributed by atoms with Crippen LogP contribution in [0, 0.1) is 0 Å². The van der Waals surface area contributed by atoms with Crippen molar-refractivity contribution in [2.24, 2.45) is 0 Å². The topological polar surface area (TPSA) is 0 Å². The Hall–Kier alpha value is -2.55. The zero-order valence-corrected chi connectivity index (χ0v) is 36.1. The fourth-order valence-corrected chi connectivity index (χ4v) is 43.5. The van der Waals surface area contributed by atoms with Crippen LogP contribution in [0.25, 0.3) is 34.4 Å². The summed E-state index contributed by atoms with van der Waals surface area (Å²) in [6.07, 6.45) is 12.7. The molecule has 1 aliphatic heterocycles. The molecule has 252 valence electrons. The molecule has 1 saturated carbocycles. The van der Waals surface area contributed by atoms with Crippen LogP contribution in [0.15, 0.2) is 95.3 Å². The first-order valence-corrected chi connectivity index (χ1v) is 33.0. The normalized spacial score (nSPS) is 24.4. The van der Waals surface area contributed by atoms with Crippen LogP contribution in [0.3, 0.4) is 0 Å². The van der Waals surface area contributed by atoms with Crippen LogP contribution >= 0.6 is 0 Å². The fourth-order valence-electron chi connectivity index (χ4n) is 10.6. The Morgan fingerprint density at radius 3 is 1.43 bits per heavy atom. The van der Waals surface area contributed by atoms with Crippen molar-refractivity contribution in [3.05, 3.63) is 129 Å². The van der Waals surface area contributed by atoms with Gasteiger partial charge in [-0.2, -0.15) is 0 Å². The number of hydrogen-bond donors (Lipinski definition) is 0. The van der Waals surface area contributed by atoms with Gasteiger partial charge < -0.3 is 0 Å². The average Bonchev–Trinajstić information content (AvgIpc) is 3.69. The predicted octanol–water partition coefficient (Wildman–Crippen LogP) is 13.9. The first kappa shape index (κ1) is 33.6. The van der Waals surface area contributed by atoms with E-state index in [1.807, 2.05) is 10.4 Å². The van der Waals surface area contributed by atoms with E-state index in [-0.39, 0.29) is 10.8 Å². The van der Waals surface area contributed by atoms with Gasteiger partial charge in [0.1, 0.15) is 0 Å². The van der Waals surface area contributed by atoms with Gasteiger partial charge in [0, 0.05) is 0 Å². The summed E-state index contributed by atoms with van der Waals surface area (Å²) in [5.74, 6) is 0. The Balaban J connectivity index is 1.34. The van der Waals surface area contributed by atoms with E-state index in [1.54, 1.807) is 22.3 Å². The minimum atomic E-state index is -3.14. The van der Waals surface area contributed by atoms with Crippen molar-refractivity contribution in [3.8, 4) is 22.3 Å². The van der Waals surface area contributed by atoms with E-state index in [0.29, 0.717) is 7.35 Å². The first-order chi connectivity index (χ1) is 23.2. The zero-order valence-electron chi connectivity index (χ0n) is 31.5. The third-order valence-corrected chi connectivity index (χ3v) is 36.0. The van der Waals surface area contributed by atoms with Gasteiger partial charge in [-0.05, 0) is 0 Å². The number of allylic oxidation sites excluding steroid dienone is 2. The van der Waals surface area contributed by atoms with Crippen molar-refractivity contribution >= 4 is 20.2 Å². The molecule has 0 spiro atoms. The standard InChI is InChI=1S/C45H50Si.2CH3.Hf/c1-44(2,3)35-19-11-15-31(25-35)40-23-13-17-33-27-38(29-42(33)40)46(7,37-21-9-8-10-22-37)39-28-34-18-14-24-41(43(34)30-39)32-16-12-20-36(26-32)45(4,5)6;;;/h11-20,23-30,37H,8-10,21-22H2,1-7H3;2*1H3;. The van der Waals surface area contributed by atoms with Gasteiger partial charge in [0.25, 0.3) is 0 Å². The van der Waals surface area contributed by atoms with Gasteiger partial charge in [-0.25, -0.2) is 0 Å². The molecule has 4 aromatic carbocycles. The predicted molar refractivity (Wildman–Crippen MR) is 213 cm³/mol. The molecule has 3 aliphatic carbocycles. The van der Waals surface area contributed by atoms with Crippen LogP contribution in [-0.4, -0.2) is 8.07 Å². The van der Waals surface area contributed by atoms with Crippen molar-refractivity contribution in [3.63, 3.8) is 0 Å². The summed E-state index contributed by atoms with van der Waals surface area (Å²) >= 11 is -3.14. The molecular formula is C47H56HfSi. The average molecular weight is 828 g/mol. The van der Waals surface area contributed by atoms with E-state index in [0.717, 1.165) is 5.54 Å². The summed E-state index contributed by atoms with van der Waals surface area (Å²) < 4.78 is 7.02. The van der Waals surface area contributed by atoms with E-state index >= 15 is 0 Å². The number of rotatable bonds is 3. The summed E-state index contributed by atoms with van der Waals surface area (Å²) in [6, 6.07) is 33.6. The molecule has 4 aromatic rings. The number of fused-ring (bicyclic) bond motifs is 6. The summed E-state index contributed by atoms with van der Waals surface area (Å²) in [7, 11) is -2.03. The molecule has 2 unspecified atom stereocenters. The SMILES string of the molecule is CC(C)(C)c1cccc(-c2cccc3c2C=C2[CH]3[Hf]([CH3])([CH3])[CH]3C(=Cc4c(-c5cccc(C(C)(C)C)c5)cccc43)[Si]2(C)C2CCCCC2)c1. The second kappa shape index (κ2) is 11.7. The Bertz CT molecular complexity index is 1890. The molecule has 2 fully saturated rings. The molecule has 4 aliphatic rings. The second-order valence-corrected chi connectivity index (χ2v) is 40.3. The van der Waals surface area contributed by atoms with Gasteiger partial charge in [-0.3, -0.25) is 0 Å². The molecule has 0 N–H and O–H groups in total. The fraction of sp³-hybridized carbons (Fsp3) is 0.404. The van der Waals surface area contributed by atoms with Gasteiger partial charge in [-0.15, -0.1) is 0 Å². The molecule has 0 amide bonds. The van der Waals surface area contributed by atoms with E-state index in [2.05, 4.69) is 155 Å². The Morgan fingerprint density at radius 2 is 1.00 bits per heavy atom. The Labute approximate surface area is 302 Å². The minimum absolute atomic E-state index is 0.135. The van der Waals surface area contributed by atoms with Crippen molar-refractivity contribution in [2.75, 3.05) is 0 Å². The molecule has 2 heteroatoms. The van der Waals surface area contributed by atoms with Crippen LogP contribution < -0.4 is 0 Å². The Morgan fingerprint density at radius 1 is 0.571 bits per heavy atom. The van der Waals surface area contributed by atoms with Crippen LogP contribution in [0.4, 0.5) is 0 Å². The molecule has 1 saturated heterocycles. The molecule has 0 aromatic heterocycles. The third-order valence-electron chi connectivity index (χ3n) is 13.3.